The quantitative estimate of drug-likeness (QED) is 0.448. The monoisotopic (exact) mass is 443 g/mol. The fraction of sp³-hybridized carbons (Fsp3) is 0.190. The number of anilines is 2. The Morgan fingerprint density at radius 1 is 1.33 bits per heavy atom. The molecule has 2 N–H and O–H groups in total. The molecule has 2 aromatic heterocycles. The van der Waals surface area contributed by atoms with Crippen LogP contribution in [-0.4, -0.2) is 48.0 Å². The van der Waals surface area contributed by atoms with Crippen molar-refractivity contribution in [3.8, 4) is 11.8 Å². The van der Waals surface area contributed by atoms with Crippen LogP contribution in [0.4, 0.5) is 15.9 Å². The van der Waals surface area contributed by atoms with E-state index in [4.69, 9.17) is 11.6 Å². The Kier molecular flexibility index (Phi) is 7.36. The van der Waals surface area contributed by atoms with E-state index in [-0.39, 0.29) is 17.5 Å². The van der Waals surface area contributed by atoms with Crippen LogP contribution >= 0.6 is 22.9 Å². The number of aromatic nitrogens is 2. The highest BCUT2D eigenvalue weighted by atomic mass is 35.5. The standard InChI is InChI=1S/C21H19ClFN5OS/c1-28(2)10-4-6-19(29)24-9-3-5-15-12-16-20(25-13-26-21(16)30-15)27-14-7-8-18(23)17(22)11-14/h4,6-8,11-13H,9-10H2,1-2H3,(H,24,29)(H,25,26,27)/b6-4+. The molecule has 0 fully saturated rings. The lowest BCUT2D eigenvalue weighted by Gasteiger charge is -2.06. The van der Waals surface area contributed by atoms with Gasteiger partial charge in [0.05, 0.1) is 21.8 Å². The Hall–Kier alpha value is -2.99. The highest BCUT2D eigenvalue weighted by molar-refractivity contribution is 7.19. The van der Waals surface area contributed by atoms with Crippen molar-refractivity contribution in [2.24, 2.45) is 0 Å². The van der Waals surface area contributed by atoms with Crippen LogP contribution in [0.1, 0.15) is 4.88 Å². The number of hydrogen-bond donors (Lipinski definition) is 2. The fourth-order valence-electron chi connectivity index (χ4n) is 2.42. The van der Waals surface area contributed by atoms with E-state index in [9.17, 15) is 9.18 Å². The number of likely N-dealkylation sites (N-methyl/N-ethyl adjacent to an activating group) is 1. The lowest BCUT2D eigenvalue weighted by Crippen LogP contribution is -2.21. The zero-order valence-electron chi connectivity index (χ0n) is 16.4. The molecule has 3 aromatic rings. The highest BCUT2D eigenvalue weighted by Gasteiger charge is 2.09. The van der Waals surface area contributed by atoms with Crippen molar-refractivity contribution >= 4 is 50.6 Å². The summed E-state index contributed by atoms with van der Waals surface area (Å²) in [4.78, 5) is 23.7. The van der Waals surface area contributed by atoms with Crippen LogP contribution in [0.15, 0.2) is 42.7 Å². The van der Waals surface area contributed by atoms with Gasteiger partial charge in [-0.3, -0.25) is 4.79 Å². The summed E-state index contributed by atoms with van der Waals surface area (Å²) in [6, 6.07) is 6.24. The number of fused-ring (bicyclic) bond motifs is 1. The van der Waals surface area contributed by atoms with E-state index in [1.807, 2.05) is 25.1 Å². The maximum atomic E-state index is 13.4. The molecule has 0 unspecified atom stereocenters. The SMILES string of the molecule is CN(C)C/C=C/C(=O)NCC#Cc1cc2c(Nc3ccc(F)c(Cl)c3)ncnc2s1. The van der Waals surface area contributed by atoms with Gasteiger partial charge in [0.2, 0.25) is 5.91 Å². The minimum atomic E-state index is -0.483. The first-order valence-electron chi connectivity index (χ1n) is 8.97. The van der Waals surface area contributed by atoms with Gasteiger partial charge in [-0.2, -0.15) is 0 Å². The Morgan fingerprint density at radius 3 is 2.93 bits per heavy atom. The third-order valence-corrected chi connectivity index (χ3v) is 5.06. The fourth-order valence-corrected chi connectivity index (χ4v) is 3.47. The number of carbonyl (C=O) groups is 1. The molecule has 0 spiro atoms. The van der Waals surface area contributed by atoms with Crippen molar-refractivity contribution in [2.75, 3.05) is 32.5 Å². The van der Waals surface area contributed by atoms with Crippen molar-refractivity contribution < 1.29 is 9.18 Å². The third-order valence-electron chi connectivity index (χ3n) is 3.81. The second kappa shape index (κ2) is 10.2. The molecule has 154 valence electrons. The predicted molar refractivity (Wildman–Crippen MR) is 120 cm³/mol. The van der Waals surface area contributed by atoms with Gasteiger partial charge in [-0.1, -0.05) is 29.5 Å². The third kappa shape index (κ3) is 6.00. The maximum absolute atomic E-state index is 13.4. The van der Waals surface area contributed by atoms with Gasteiger partial charge < -0.3 is 15.5 Å². The molecule has 6 nitrogen and oxygen atoms in total. The number of rotatable bonds is 6. The van der Waals surface area contributed by atoms with Crippen LogP contribution < -0.4 is 10.6 Å². The predicted octanol–water partition coefficient (Wildman–Crippen LogP) is 3.81. The van der Waals surface area contributed by atoms with Gasteiger partial charge in [0.1, 0.15) is 22.8 Å². The molecular weight excluding hydrogens is 425 g/mol. The summed E-state index contributed by atoms with van der Waals surface area (Å²) in [6.07, 6.45) is 4.73. The van der Waals surface area contributed by atoms with Gasteiger partial charge in [-0.05, 0) is 38.4 Å². The van der Waals surface area contributed by atoms with Crippen molar-refractivity contribution in [2.45, 2.75) is 0 Å². The van der Waals surface area contributed by atoms with Gasteiger partial charge in [0.15, 0.2) is 0 Å². The lowest BCUT2D eigenvalue weighted by atomic mass is 10.3. The van der Waals surface area contributed by atoms with E-state index >= 15 is 0 Å². The molecule has 0 saturated heterocycles. The molecule has 0 saturated carbocycles. The van der Waals surface area contributed by atoms with Crippen molar-refractivity contribution in [3.05, 3.63) is 58.5 Å². The second-order valence-electron chi connectivity index (χ2n) is 6.49. The van der Waals surface area contributed by atoms with E-state index in [2.05, 4.69) is 32.4 Å². The number of nitrogens with zero attached hydrogens (tertiary/aromatic N) is 3. The van der Waals surface area contributed by atoms with Crippen molar-refractivity contribution in [3.63, 3.8) is 0 Å². The van der Waals surface area contributed by atoms with E-state index in [0.29, 0.717) is 18.1 Å². The zero-order chi connectivity index (χ0) is 21.5. The van der Waals surface area contributed by atoms with E-state index < -0.39 is 5.82 Å². The van der Waals surface area contributed by atoms with Crippen molar-refractivity contribution in [1.82, 2.24) is 20.2 Å². The molecule has 0 radical (unpaired) electrons. The van der Waals surface area contributed by atoms with E-state index in [0.717, 1.165) is 15.1 Å². The van der Waals surface area contributed by atoms with Crippen LogP contribution in [0.2, 0.25) is 5.02 Å². The molecule has 0 aliphatic heterocycles. The zero-order valence-corrected chi connectivity index (χ0v) is 17.9. The first-order chi connectivity index (χ1) is 14.4. The molecular formula is C21H19ClFN5OS. The molecule has 1 amide bonds. The molecule has 9 heteroatoms. The van der Waals surface area contributed by atoms with E-state index in [1.165, 1.54) is 35.9 Å². The molecule has 0 aliphatic rings. The van der Waals surface area contributed by atoms with Crippen LogP contribution in [0.3, 0.4) is 0 Å². The van der Waals surface area contributed by atoms with Gasteiger partial charge in [0, 0.05) is 18.3 Å². The topological polar surface area (TPSA) is 70.2 Å². The van der Waals surface area contributed by atoms with Gasteiger partial charge in [-0.25, -0.2) is 14.4 Å². The number of nitrogens with one attached hydrogen (secondary N) is 2. The number of carbonyl (C=O) groups excluding carboxylic acids is 1. The molecule has 2 heterocycles. The minimum absolute atomic E-state index is 0.0285. The Labute approximate surface area is 182 Å². The van der Waals surface area contributed by atoms with Crippen molar-refractivity contribution in [1.29, 1.82) is 0 Å². The Balaban J connectivity index is 1.67. The average molecular weight is 444 g/mol. The summed E-state index contributed by atoms with van der Waals surface area (Å²) >= 11 is 7.26. The summed E-state index contributed by atoms with van der Waals surface area (Å²) in [5.74, 6) is 5.87. The number of amides is 1. The number of benzene rings is 1. The van der Waals surface area contributed by atoms with Crippen LogP contribution in [0, 0.1) is 17.7 Å². The summed E-state index contributed by atoms with van der Waals surface area (Å²) in [7, 11) is 3.86. The van der Waals surface area contributed by atoms with Crippen LogP contribution in [-0.2, 0) is 4.79 Å². The van der Waals surface area contributed by atoms with Crippen LogP contribution in [0.5, 0.6) is 0 Å². The number of halogens is 2. The summed E-state index contributed by atoms with van der Waals surface area (Å²) in [6.45, 7) is 0.937. The van der Waals surface area contributed by atoms with Crippen LogP contribution in [0.25, 0.3) is 10.2 Å². The molecule has 0 bridgehead atoms. The van der Waals surface area contributed by atoms with Gasteiger partial charge in [0.25, 0.3) is 0 Å². The second-order valence-corrected chi connectivity index (χ2v) is 7.93. The highest BCUT2D eigenvalue weighted by Crippen LogP contribution is 2.30. The molecule has 0 atom stereocenters. The smallest absolute Gasteiger partial charge is 0.244 e. The summed E-state index contributed by atoms with van der Waals surface area (Å²) in [5, 5.41) is 6.67. The molecule has 30 heavy (non-hydrogen) atoms. The molecule has 3 rings (SSSR count). The van der Waals surface area contributed by atoms with Gasteiger partial charge in [-0.15, -0.1) is 11.3 Å². The largest absolute Gasteiger partial charge is 0.342 e. The Bertz CT molecular complexity index is 1150. The van der Waals surface area contributed by atoms with E-state index in [1.54, 1.807) is 12.1 Å². The number of hydrogen-bond acceptors (Lipinski definition) is 6. The normalized spacial score (nSPS) is 11.0. The minimum Gasteiger partial charge on any atom is -0.342 e. The lowest BCUT2D eigenvalue weighted by molar-refractivity contribution is -0.116. The Morgan fingerprint density at radius 2 is 2.17 bits per heavy atom. The first kappa shape index (κ1) is 21.7. The van der Waals surface area contributed by atoms with Gasteiger partial charge >= 0.3 is 0 Å². The molecule has 0 aliphatic carbocycles. The first-order valence-corrected chi connectivity index (χ1v) is 10.2. The number of thiophene rings is 1. The summed E-state index contributed by atoms with van der Waals surface area (Å²) in [5.41, 5.74) is 0.616. The maximum Gasteiger partial charge on any atom is 0.244 e. The summed E-state index contributed by atoms with van der Waals surface area (Å²) < 4.78 is 13.4. The average Bonchev–Trinajstić information content (AvgIpc) is 3.12. The molecule has 1 aromatic carbocycles.